The predicted octanol–water partition coefficient (Wildman–Crippen LogP) is 15.3. The van der Waals surface area contributed by atoms with Crippen LogP contribution in [-0.4, -0.2) is 73.4 Å². The van der Waals surface area contributed by atoms with Gasteiger partial charge in [0.25, 0.3) is 0 Å². The summed E-state index contributed by atoms with van der Waals surface area (Å²) in [5.74, 6) is -0.156. The third-order valence-electron chi connectivity index (χ3n) is 12.0. The summed E-state index contributed by atoms with van der Waals surface area (Å²) in [5, 5.41) is 14.0. The molecule has 3 N–H and O–H groups in total. The number of nitrogens with one attached hydrogen (secondary N) is 1. The number of phosphoric ester groups is 1. The molecule has 8 nitrogen and oxygen atoms in total. The zero-order valence-electron chi connectivity index (χ0n) is 41.2. The van der Waals surface area contributed by atoms with E-state index in [1.807, 2.05) is 21.1 Å². The fourth-order valence-corrected chi connectivity index (χ4v) is 8.51. The van der Waals surface area contributed by atoms with Crippen LogP contribution in [0.5, 0.6) is 0 Å². The van der Waals surface area contributed by atoms with E-state index in [-0.39, 0.29) is 19.1 Å². The first-order chi connectivity index (χ1) is 29.5. The molecule has 0 saturated carbocycles. The third-order valence-corrected chi connectivity index (χ3v) is 12.9. The summed E-state index contributed by atoms with van der Waals surface area (Å²) in [6.45, 7) is 4.86. The number of carbonyl (C=O) groups is 1. The SMILES string of the molecule is CCCC/C=C\C/C=C\CCCCCCCC(=O)NC(COP(=O)(O)OCC[N+](C)(C)C)C(O)CCCCCCCCCCCCCCCCCCCCCCCCCCC. The van der Waals surface area contributed by atoms with E-state index in [0.29, 0.717) is 23.9 Å². The van der Waals surface area contributed by atoms with Gasteiger partial charge in [-0.3, -0.25) is 13.8 Å². The molecule has 3 atom stereocenters. The van der Waals surface area contributed by atoms with Crippen LogP contribution in [0.3, 0.4) is 0 Å². The van der Waals surface area contributed by atoms with E-state index in [9.17, 15) is 19.4 Å². The van der Waals surface area contributed by atoms with Crippen molar-refractivity contribution in [3.8, 4) is 0 Å². The Balaban J connectivity index is 4.17. The molecule has 0 aliphatic heterocycles. The fraction of sp³-hybridized carbons (Fsp3) is 0.904. The summed E-state index contributed by atoms with van der Waals surface area (Å²) >= 11 is 0. The molecule has 1 amide bonds. The Morgan fingerprint density at radius 3 is 1.39 bits per heavy atom. The Labute approximate surface area is 379 Å². The summed E-state index contributed by atoms with van der Waals surface area (Å²) in [6, 6.07) is -0.766. The number of hydrogen-bond donors (Lipinski definition) is 3. The van der Waals surface area contributed by atoms with Crippen LogP contribution >= 0.6 is 7.82 Å². The van der Waals surface area contributed by atoms with Crippen molar-refractivity contribution in [2.45, 2.75) is 264 Å². The number of amides is 1. The average molecular weight is 884 g/mol. The van der Waals surface area contributed by atoms with Crippen LogP contribution in [0.1, 0.15) is 251 Å². The Morgan fingerprint density at radius 1 is 0.557 bits per heavy atom. The molecule has 0 radical (unpaired) electrons. The molecular formula is C52H104N2O6P+. The molecule has 0 spiro atoms. The fourth-order valence-electron chi connectivity index (χ4n) is 7.77. The number of allylic oxidation sites excluding steroid dienone is 4. The molecule has 0 bridgehead atoms. The van der Waals surface area contributed by atoms with E-state index < -0.39 is 20.0 Å². The number of aliphatic hydroxyl groups excluding tert-OH is 1. The normalized spacial score (nSPS) is 14.3. The van der Waals surface area contributed by atoms with Gasteiger partial charge in [0, 0.05) is 6.42 Å². The number of aliphatic hydroxyl groups is 1. The minimum absolute atomic E-state index is 0.0726. The quantitative estimate of drug-likeness (QED) is 0.0243. The number of hydrogen-bond acceptors (Lipinski definition) is 5. The number of phosphoric acid groups is 1. The molecule has 0 fully saturated rings. The maximum atomic E-state index is 12.9. The van der Waals surface area contributed by atoms with Crippen LogP contribution < -0.4 is 5.32 Å². The lowest BCUT2D eigenvalue weighted by Crippen LogP contribution is -2.46. The van der Waals surface area contributed by atoms with Gasteiger partial charge in [0.05, 0.1) is 39.9 Å². The van der Waals surface area contributed by atoms with E-state index in [4.69, 9.17) is 9.05 Å². The summed E-state index contributed by atoms with van der Waals surface area (Å²) < 4.78 is 23.7. The van der Waals surface area contributed by atoms with Crippen LogP contribution in [0.25, 0.3) is 0 Å². The highest BCUT2D eigenvalue weighted by atomic mass is 31.2. The largest absolute Gasteiger partial charge is 0.472 e. The Kier molecular flexibility index (Phi) is 43.5. The van der Waals surface area contributed by atoms with Crippen molar-refractivity contribution in [1.82, 2.24) is 5.32 Å². The number of nitrogens with zero attached hydrogens (tertiary/aromatic N) is 1. The lowest BCUT2D eigenvalue weighted by atomic mass is 10.0. The maximum Gasteiger partial charge on any atom is 0.472 e. The average Bonchev–Trinajstić information content (AvgIpc) is 3.21. The first-order valence-electron chi connectivity index (χ1n) is 26.2. The molecule has 0 heterocycles. The van der Waals surface area contributed by atoms with Crippen LogP contribution in [0, 0.1) is 0 Å². The molecule has 61 heavy (non-hydrogen) atoms. The molecule has 362 valence electrons. The van der Waals surface area contributed by atoms with Crippen molar-refractivity contribution >= 4 is 13.7 Å². The van der Waals surface area contributed by atoms with Crippen molar-refractivity contribution in [2.24, 2.45) is 0 Å². The summed E-state index contributed by atoms with van der Waals surface area (Å²) in [7, 11) is 1.61. The highest BCUT2D eigenvalue weighted by Gasteiger charge is 2.28. The van der Waals surface area contributed by atoms with E-state index >= 15 is 0 Å². The molecule has 3 unspecified atom stereocenters. The number of likely N-dealkylation sites (N-methyl/N-ethyl adjacent to an activating group) is 1. The van der Waals surface area contributed by atoms with Gasteiger partial charge in [-0.05, 0) is 38.5 Å². The molecule has 0 saturated heterocycles. The molecule has 0 aromatic heterocycles. The standard InChI is InChI=1S/C52H103N2O6P/c1-6-8-10-12-14-16-18-20-22-23-24-25-26-27-28-29-30-31-32-33-35-37-39-41-43-45-51(55)50(49-60-61(57,58)59-48-47-54(3,4)5)53-52(56)46-44-42-40-38-36-34-21-19-17-15-13-11-9-7-2/h13,15,19,21,50-51,55H,6-12,14,16-18,20,22-49H2,1-5H3,(H-,53,56,57,58)/p+1/b15-13-,21-19-. The Bertz CT molecular complexity index is 1050. The van der Waals surface area contributed by atoms with Crippen molar-refractivity contribution in [1.29, 1.82) is 0 Å². The highest BCUT2D eigenvalue weighted by Crippen LogP contribution is 2.43. The topological polar surface area (TPSA) is 105 Å². The molecule has 9 heteroatoms. The van der Waals surface area contributed by atoms with Crippen molar-refractivity contribution in [3.05, 3.63) is 24.3 Å². The second-order valence-electron chi connectivity index (χ2n) is 19.3. The van der Waals surface area contributed by atoms with Gasteiger partial charge in [-0.2, -0.15) is 0 Å². The minimum atomic E-state index is -4.32. The predicted molar refractivity (Wildman–Crippen MR) is 263 cm³/mol. The number of quaternary nitrogens is 1. The number of carbonyl (C=O) groups excluding carboxylic acids is 1. The zero-order chi connectivity index (χ0) is 45.0. The van der Waals surface area contributed by atoms with Gasteiger partial charge < -0.3 is 19.8 Å². The van der Waals surface area contributed by atoms with Crippen LogP contribution in [0.4, 0.5) is 0 Å². The maximum absolute atomic E-state index is 12.9. The second-order valence-corrected chi connectivity index (χ2v) is 20.7. The summed E-state index contributed by atoms with van der Waals surface area (Å²) in [4.78, 5) is 23.2. The van der Waals surface area contributed by atoms with Gasteiger partial charge >= 0.3 is 7.82 Å². The van der Waals surface area contributed by atoms with Crippen molar-refractivity contribution < 1.29 is 32.9 Å². The van der Waals surface area contributed by atoms with E-state index in [1.165, 1.54) is 161 Å². The first kappa shape index (κ1) is 60.0. The summed E-state index contributed by atoms with van der Waals surface area (Å²) in [6.07, 6.45) is 53.7. The molecule has 0 rings (SSSR count). The lowest BCUT2D eigenvalue weighted by molar-refractivity contribution is -0.870. The smallest absolute Gasteiger partial charge is 0.391 e. The minimum Gasteiger partial charge on any atom is -0.391 e. The van der Waals surface area contributed by atoms with Crippen LogP contribution in [0.2, 0.25) is 0 Å². The van der Waals surface area contributed by atoms with Gasteiger partial charge in [0.2, 0.25) is 5.91 Å². The van der Waals surface area contributed by atoms with Crippen molar-refractivity contribution in [3.63, 3.8) is 0 Å². The second kappa shape index (κ2) is 44.2. The Morgan fingerprint density at radius 2 is 0.951 bits per heavy atom. The zero-order valence-corrected chi connectivity index (χ0v) is 42.1. The number of rotatable bonds is 48. The highest BCUT2D eigenvalue weighted by molar-refractivity contribution is 7.47. The lowest BCUT2D eigenvalue weighted by Gasteiger charge is -2.26. The first-order valence-corrected chi connectivity index (χ1v) is 27.7. The van der Waals surface area contributed by atoms with Gasteiger partial charge in [0.15, 0.2) is 0 Å². The van der Waals surface area contributed by atoms with Crippen LogP contribution in [-0.2, 0) is 18.4 Å². The molecule has 0 aliphatic carbocycles. The van der Waals surface area contributed by atoms with Gasteiger partial charge in [-0.1, -0.05) is 231 Å². The molecule has 0 aliphatic rings. The van der Waals surface area contributed by atoms with Gasteiger partial charge in [-0.15, -0.1) is 0 Å². The summed E-state index contributed by atoms with van der Waals surface area (Å²) in [5.41, 5.74) is 0. The Hall–Kier alpha value is -1.02. The monoisotopic (exact) mass is 884 g/mol. The van der Waals surface area contributed by atoms with E-state index in [1.54, 1.807) is 0 Å². The molecule has 0 aromatic rings. The molecule has 0 aromatic carbocycles. The molecular weight excluding hydrogens is 780 g/mol. The van der Waals surface area contributed by atoms with Crippen molar-refractivity contribution in [2.75, 3.05) is 40.9 Å². The number of unbranched alkanes of at least 4 members (excludes halogenated alkanes) is 31. The van der Waals surface area contributed by atoms with E-state index in [0.717, 1.165) is 64.2 Å². The third kappa shape index (κ3) is 46.8. The van der Waals surface area contributed by atoms with E-state index in [2.05, 4.69) is 43.5 Å². The van der Waals surface area contributed by atoms with Gasteiger partial charge in [0.1, 0.15) is 13.2 Å². The van der Waals surface area contributed by atoms with Gasteiger partial charge in [-0.25, -0.2) is 4.57 Å². The van der Waals surface area contributed by atoms with Crippen LogP contribution in [0.15, 0.2) is 24.3 Å².